The highest BCUT2D eigenvalue weighted by molar-refractivity contribution is 7.89. The summed E-state index contributed by atoms with van der Waals surface area (Å²) in [7, 11) is -3.81. The van der Waals surface area contributed by atoms with Crippen LogP contribution < -0.4 is 14.8 Å². The number of sulfonamides is 2. The van der Waals surface area contributed by atoms with Gasteiger partial charge in [0.2, 0.25) is 20.0 Å². The van der Waals surface area contributed by atoms with E-state index in [4.69, 9.17) is 9.47 Å². The molecule has 2 N–H and O–H groups in total. The SMILES string of the molecule is COCCNS(=O)(=O)c1ccc(OCC(=O)Nc2ccc(S(=O)(=O)N3CCN(C)CC3)cc2)cc1. The molecule has 13 heteroatoms. The molecule has 1 amide bonds. The van der Waals surface area contributed by atoms with Crippen LogP contribution in [0.25, 0.3) is 0 Å². The highest BCUT2D eigenvalue weighted by Crippen LogP contribution is 2.20. The van der Waals surface area contributed by atoms with Crippen LogP contribution in [0.2, 0.25) is 0 Å². The van der Waals surface area contributed by atoms with Gasteiger partial charge < -0.3 is 19.7 Å². The molecule has 0 bridgehead atoms. The van der Waals surface area contributed by atoms with Crippen LogP contribution in [0.3, 0.4) is 0 Å². The van der Waals surface area contributed by atoms with E-state index in [-0.39, 0.29) is 29.5 Å². The first-order valence-corrected chi connectivity index (χ1v) is 13.8. The maximum Gasteiger partial charge on any atom is 0.262 e. The molecular weight excluding hydrogens is 496 g/mol. The van der Waals surface area contributed by atoms with Gasteiger partial charge in [0, 0.05) is 45.5 Å². The van der Waals surface area contributed by atoms with Crippen molar-refractivity contribution in [1.29, 1.82) is 0 Å². The van der Waals surface area contributed by atoms with Gasteiger partial charge in [-0.2, -0.15) is 4.31 Å². The highest BCUT2D eigenvalue weighted by atomic mass is 32.2. The van der Waals surface area contributed by atoms with E-state index in [0.29, 0.717) is 37.6 Å². The summed E-state index contributed by atoms with van der Waals surface area (Å²) in [5.74, 6) is -0.123. The second-order valence-corrected chi connectivity index (χ2v) is 11.6. The third kappa shape index (κ3) is 7.46. The standard InChI is InChI=1S/C22H30N4O7S2/c1-25-12-14-26(15-13-25)35(30,31)21-7-3-18(4-8-21)24-22(27)17-33-19-5-9-20(10-6-19)34(28,29)23-11-16-32-2/h3-10,23H,11-17H2,1-2H3,(H,24,27). The number of ether oxygens (including phenoxy) is 2. The van der Waals surface area contributed by atoms with Gasteiger partial charge in [0.05, 0.1) is 16.4 Å². The first kappa shape index (κ1) is 27.0. The van der Waals surface area contributed by atoms with Crippen molar-refractivity contribution in [3.8, 4) is 5.75 Å². The van der Waals surface area contributed by atoms with Crippen molar-refractivity contribution in [2.45, 2.75) is 9.79 Å². The number of benzene rings is 2. The average Bonchev–Trinajstić information content (AvgIpc) is 2.84. The van der Waals surface area contributed by atoms with Crippen LogP contribution in [-0.4, -0.2) is 92.0 Å². The molecule has 1 fully saturated rings. The maximum absolute atomic E-state index is 12.8. The molecule has 2 aromatic carbocycles. The third-order valence-corrected chi connectivity index (χ3v) is 8.73. The van der Waals surface area contributed by atoms with Crippen LogP contribution in [0.1, 0.15) is 0 Å². The Morgan fingerprint density at radius 1 is 0.914 bits per heavy atom. The Balaban J connectivity index is 1.51. The number of nitrogens with zero attached hydrogens (tertiary/aromatic N) is 2. The summed E-state index contributed by atoms with van der Waals surface area (Å²) in [5, 5.41) is 2.64. The fraction of sp³-hybridized carbons (Fsp3) is 0.409. The predicted octanol–water partition coefficient (Wildman–Crippen LogP) is 0.565. The Labute approximate surface area is 206 Å². The minimum atomic E-state index is -3.66. The van der Waals surface area contributed by atoms with Crippen molar-refractivity contribution in [3.05, 3.63) is 48.5 Å². The van der Waals surface area contributed by atoms with Gasteiger partial charge in [0.25, 0.3) is 5.91 Å². The zero-order chi connectivity index (χ0) is 25.5. The number of nitrogens with one attached hydrogen (secondary N) is 2. The van der Waals surface area contributed by atoms with Crippen molar-refractivity contribution >= 4 is 31.6 Å². The molecule has 1 heterocycles. The van der Waals surface area contributed by atoms with Gasteiger partial charge in [-0.3, -0.25) is 4.79 Å². The molecule has 0 spiro atoms. The molecule has 0 radical (unpaired) electrons. The Morgan fingerprint density at radius 2 is 1.51 bits per heavy atom. The lowest BCUT2D eigenvalue weighted by Gasteiger charge is -2.31. The minimum Gasteiger partial charge on any atom is -0.484 e. The molecule has 0 unspecified atom stereocenters. The Morgan fingerprint density at radius 3 is 2.11 bits per heavy atom. The monoisotopic (exact) mass is 526 g/mol. The lowest BCUT2D eigenvalue weighted by molar-refractivity contribution is -0.118. The van der Waals surface area contributed by atoms with Crippen molar-refractivity contribution in [1.82, 2.24) is 13.9 Å². The van der Waals surface area contributed by atoms with E-state index >= 15 is 0 Å². The largest absolute Gasteiger partial charge is 0.484 e. The Hall–Kier alpha value is -2.55. The van der Waals surface area contributed by atoms with E-state index in [0.717, 1.165) is 0 Å². The van der Waals surface area contributed by atoms with Gasteiger partial charge in [0.15, 0.2) is 6.61 Å². The Bertz CT molecular complexity index is 1190. The van der Waals surface area contributed by atoms with E-state index in [1.165, 1.54) is 59.9 Å². The number of carbonyl (C=O) groups excluding carboxylic acids is 1. The first-order valence-electron chi connectivity index (χ1n) is 10.9. The molecule has 0 aliphatic carbocycles. The van der Waals surface area contributed by atoms with Gasteiger partial charge in [-0.25, -0.2) is 21.6 Å². The maximum atomic E-state index is 12.8. The summed E-state index contributed by atoms with van der Waals surface area (Å²) in [5.41, 5.74) is 0.430. The van der Waals surface area contributed by atoms with Crippen molar-refractivity contribution in [3.63, 3.8) is 0 Å². The van der Waals surface area contributed by atoms with Crippen LogP contribution in [0, 0.1) is 0 Å². The number of rotatable bonds is 11. The topological polar surface area (TPSA) is 134 Å². The van der Waals surface area contributed by atoms with Gasteiger partial charge >= 0.3 is 0 Å². The molecule has 192 valence electrons. The molecule has 1 aliphatic rings. The second kappa shape index (κ2) is 11.9. The van der Waals surface area contributed by atoms with Gasteiger partial charge in [-0.15, -0.1) is 0 Å². The summed E-state index contributed by atoms with van der Waals surface area (Å²) in [4.78, 5) is 14.5. The van der Waals surface area contributed by atoms with Crippen LogP contribution in [0.5, 0.6) is 5.75 Å². The van der Waals surface area contributed by atoms with E-state index in [2.05, 4.69) is 14.9 Å². The molecule has 1 saturated heterocycles. The summed E-state index contributed by atoms with van der Waals surface area (Å²) in [6.07, 6.45) is 0. The highest BCUT2D eigenvalue weighted by Gasteiger charge is 2.27. The summed E-state index contributed by atoms with van der Waals surface area (Å²) >= 11 is 0. The van der Waals surface area contributed by atoms with Crippen LogP contribution in [0.15, 0.2) is 58.3 Å². The first-order chi connectivity index (χ1) is 16.6. The van der Waals surface area contributed by atoms with Crippen molar-refractivity contribution in [2.75, 3.05) is 65.4 Å². The Kier molecular flexibility index (Phi) is 9.21. The number of hydrogen-bond acceptors (Lipinski definition) is 8. The van der Waals surface area contributed by atoms with E-state index in [1.54, 1.807) is 0 Å². The van der Waals surface area contributed by atoms with E-state index in [1.807, 2.05) is 7.05 Å². The minimum absolute atomic E-state index is 0.0667. The molecule has 11 nitrogen and oxygen atoms in total. The van der Waals surface area contributed by atoms with Crippen LogP contribution in [0.4, 0.5) is 5.69 Å². The predicted molar refractivity (Wildman–Crippen MR) is 130 cm³/mol. The lowest BCUT2D eigenvalue weighted by Crippen LogP contribution is -2.46. The quantitative estimate of drug-likeness (QED) is 0.406. The summed E-state index contributed by atoms with van der Waals surface area (Å²) in [6.45, 7) is 2.33. The average molecular weight is 527 g/mol. The molecule has 2 aromatic rings. The molecule has 0 atom stereocenters. The normalized spacial score (nSPS) is 15.6. The number of amides is 1. The molecule has 35 heavy (non-hydrogen) atoms. The van der Waals surface area contributed by atoms with E-state index < -0.39 is 26.0 Å². The van der Waals surface area contributed by atoms with Crippen LogP contribution in [-0.2, 0) is 29.6 Å². The fourth-order valence-corrected chi connectivity index (χ4v) is 5.75. The third-order valence-electron chi connectivity index (χ3n) is 5.34. The molecular formula is C22H30N4O7S2. The molecule has 1 aliphatic heterocycles. The summed E-state index contributed by atoms with van der Waals surface area (Å²) < 4.78 is 64.0. The number of piperazine rings is 1. The zero-order valence-corrected chi connectivity index (χ0v) is 21.3. The van der Waals surface area contributed by atoms with Crippen LogP contribution >= 0.6 is 0 Å². The summed E-state index contributed by atoms with van der Waals surface area (Å²) in [6, 6.07) is 11.6. The number of likely N-dealkylation sites (N-methyl/N-ethyl adjacent to an activating group) is 1. The van der Waals surface area contributed by atoms with Gasteiger partial charge in [-0.1, -0.05) is 0 Å². The number of anilines is 1. The van der Waals surface area contributed by atoms with Gasteiger partial charge in [-0.05, 0) is 55.6 Å². The zero-order valence-electron chi connectivity index (χ0n) is 19.6. The van der Waals surface area contributed by atoms with Gasteiger partial charge in [0.1, 0.15) is 5.75 Å². The molecule has 0 aromatic heterocycles. The van der Waals surface area contributed by atoms with E-state index in [9.17, 15) is 21.6 Å². The molecule has 0 saturated carbocycles. The lowest BCUT2D eigenvalue weighted by atomic mass is 10.3. The fourth-order valence-electron chi connectivity index (χ4n) is 3.31. The smallest absolute Gasteiger partial charge is 0.262 e. The number of methoxy groups -OCH3 is 1. The van der Waals surface area contributed by atoms with Crippen molar-refractivity contribution in [2.24, 2.45) is 0 Å². The number of hydrogen-bond donors (Lipinski definition) is 2. The molecule has 3 rings (SSSR count). The van der Waals surface area contributed by atoms with Crippen molar-refractivity contribution < 1.29 is 31.1 Å². The second-order valence-electron chi connectivity index (χ2n) is 7.93. The number of carbonyl (C=O) groups is 1.